The third-order valence-electron chi connectivity index (χ3n) is 4.96. The second-order valence-electron chi connectivity index (χ2n) is 6.77. The first-order chi connectivity index (χ1) is 12.4. The van der Waals surface area contributed by atoms with Crippen LogP contribution in [0.4, 0.5) is 0 Å². The second kappa shape index (κ2) is 6.43. The summed E-state index contributed by atoms with van der Waals surface area (Å²) in [5.41, 5.74) is 0.108. The largest absolute Gasteiger partial charge is 0.371 e. The first kappa shape index (κ1) is 17.6. The van der Waals surface area contributed by atoms with E-state index in [0.29, 0.717) is 49.7 Å². The summed E-state index contributed by atoms with van der Waals surface area (Å²) in [6, 6.07) is 0. The number of carbonyl (C=O) groups is 2. The van der Waals surface area contributed by atoms with Gasteiger partial charge in [0.2, 0.25) is 0 Å². The SMILES string of the molecule is CC(=O)N=S1(=O)CCC2(CC1)CN(C(=O)c1csc3cncn13)CCO2. The van der Waals surface area contributed by atoms with Crippen LogP contribution in [0.2, 0.25) is 0 Å². The summed E-state index contributed by atoms with van der Waals surface area (Å²) in [5, 5.41) is 1.85. The van der Waals surface area contributed by atoms with Crippen LogP contribution in [0.3, 0.4) is 0 Å². The Kier molecular flexibility index (Phi) is 4.36. The lowest BCUT2D eigenvalue weighted by Gasteiger charge is -2.45. The van der Waals surface area contributed by atoms with Crippen LogP contribution >= 0.6 is 11.3 Å². The number of hydrogen-bond donors (Lipinski definition) is 0. The standard InChI is InChI=1S/C16H20N4O4S2/c1-12(21)18-26(23)6-2-16(3-7-26)10-19(4-5-24-16)15(22)13-9-25-14-8-17-11-20(13)14/h8-9,11H,2-7,10H2,1H3. The van der Waals surface area contributed by atoms with Gasteiger partial charge in [-0.05, 0) is 12.8 Å². The monoisotopic (exact) mass is 396 g/mol. The fraction of sp³-hybridized carbons (Fsp3) is 0.562. The van der Waals surface area contributed by atoms with Gasteiger partial charge >= 0.3 is 0 Å². The van der Waals surface area contributed by atoms with Gasteiger partial charge < -0.3 is 9.64 Å². The van der Waals surface area contributed by atoms with E-state index in [9.17, 15) is 13.8 Å². The molecule has 0 bridgehead atoms. The lowest BCUT2D eigenvalue weighted by Crippen LogP contribution is -2.56. The number of hydrogen-bond acceptors (Lipinski definition) is 6. The lowest BCUT2D eigenvalue weighted by molar-refractivity contribution is -0.115. The molecule has 10 heteroatoms. The highest BCUT2D eigenvalue weighted by molar-refractivity contribution is 7.93. The molecule has 26 heavy (non-hydrogen) atoms. The molecule has 0 saturated carbocycles. The topological polar surface area (TPSA) is 93.3 Å². The van der Waals surface area contributed by atoms with Crippen molar-refractivity contribution in [2.24, 2.45) is 4.36 Å². The van der Waals surface area contributed by atoms with Crippen LogP contribution in [0.25, 0.3) is 4.83 Å². The van der Waals surface area contributed by atoms with E-state index in [2.05, 4.69) is 9.35 Å². The average molecular weight is 396 g/mol. The van der Waals surface area contributed by atoms with Crippen molar-refractivity contribution in [3.63, 3.8) is 0 Å². The second-order valence-corrected chi connectivity index (χ2v) is 10.2. The van der Waals surface area contributed by atoms with Gasteiger partial charge in [0.1, 0.15) is 16.9 Å². The van der Waals surface area contributed by atoms with Crippen LogP contribution in [0.1, 0.15) is 30.3 Å². The normalized spacial score (nSPS) is 29.2. The van der Waals surface area contributed by atoms with Crippen molar-refractivity contribution >= 4 is 37.7 Å². The van der Waals surface area contributed by atoms with E-state index in [0.717, 1.165) is 4.83 Å². The van der Waals surface area contributed by atoms with Crippen LogP contribution in [0.5, 0.6) is 0 Å². The highest BCUT2D eigenvalue weighted by Crippen LogP contribution is 2.32. The molecule has 2 fully saturated rings. The van der Waals surface area contributed by atoms with E-state index in [1.807, 2.05) is 5.38 Å². The third-order valence-corrected chi connectivity index (χ3v) is 8.12. The van der Waals surface area contributed by atoms with Gasteiger partial charge in [0.05, 0.1) is 34.7 Å². The first-order valence-electron chi connectivity index (χ1n) is 8.46. The van der Waals surface area contributed by atoms with Crippen LogP contribution in [-0.4, -0.2) is 67.1 Å². The summed E-state index contributed by atoms with van der Waals surface area (Å²) in [4.78, 5) is 31.0. The number of rotatable bonds is 1. The third kappa shape index (κ3) is 3.17. The number of amides is 2. The summed E-state index contributed by atoms with van der Waals surface area (Å²) in [6.45, 7) is 2.77. The molecule has 4 rings (SSSR count). The summed E-state index contributed by atoms with van der Waals surface area (Å²) >= 11 is 1.48. The lowest BCUT2D eigenvalue weighted by atomic mass is 9.94. The molecule has 2 aromatic rings. The Balaban J connectivity index is 1.52. The van der Waals surface area contributed by atoms with Crippen LogP contribution in [0, 0.1) is 0 Å². The van der Waals surface area contributed by atoms with E-state index >= 15 is 0 Å². The molecule has 4 heterocycles. The molecule has 140 valence electrons. The van der Waals surface area contributed by atoms with Gasteiger partial charge in [0, 0.05) is 30.4 Å². The Bertz CT molecular complexity index is 971. The summed E-state index contributed by atoms with van der Waals surface area (Å²) in [7, 11) is -2.49. The number of imidazole rings is 1. The van der Waals surface area contributed by atoms with E-state index in [1.54, 1.807) is 21.8 Å². The molecule has 2 aromatic heterocycles. The summed E-state index contributed by atoms with van der Waals surface area (Å²) in [6.07, 6.45) is 4.46. The number of nitrogens with zero attached hydrogens (tertiary/aromatic N) is 4. The zero-order chi connectivity index (χ0) is 18.4. The minimum absolute atomic E-state index is 0.0448. The number of carbonyl (C=O) groups excluding carboxylic acids is 2. The first-order valence-corrected chi connectivity index (χ1v) is 11.2. The van der Waals surface area contributed by atoms with Crippen molar-refractivity contribution < 1.29 is 18.5 Å². The van der Waals surface area contributed by atoms with Crippen LogP contribution in [0.15, 0.2) is 22.3 Å². The van der Waals surface area contributed by atoms with Crippen molar-refractivity contribution in [3.05, 3.63) is 23.6 Å². The highest BCUT2D eigenvalue weighted by Gasteiger charge is 2.42. The smallest absolute Gasteiger partial charge is 0.271 e. The van der Waals surface area contributed by atoms with Gasteiger partial charge in [0.25, 0.3) is 11.8 Å². The Morgan fingerprint density at radius 2 is 2.15 bits per heavy atom. The molecule has 2 saturated heterocycles. The van der Waals surface area contributed by atoms with E-state index in [-0.39, 0.29) is 5.91 Å². The Labute approximate surface area is 155 Å². The molecule has 2 aliphatic heterocycles. The molecular weight excluding hydrogens is 376 g/mol. The highest BCUT2D eigenvalue weighted by atomic mass is 32.2. The molecule has 2 aliphatic rings. The van der Waals surface area contributed by atoms with Crippen molar-refractivity contribution in [2.45, 2.75) is 25.4 Å². The maximum atomic E-state index is 13.0. The fourth-order valence-corrected chi connectivity index (χ4v) is 6.67. The Hall–Kier alpha value is -1.78. The number of morpholine rings is 1. The van der Waals surface area contributed by atoms with Gasteiger partial charge in [-0.3, -0.25) is 14.0 Å². The predicted molar refractivity (Wildman–Crippen MR) is 97.9 cm³/mol. The fourth-order valence-electron chi connectivity index (χ4n) is 3.60. The zero-order valence-electron chi connectivity index (χ0n) is 14.4. The van der Waals surface area contributed by atoms with Crippen molar-refractivity contribution in [3.8, 4) is 0 Å². The van der Waals surface area contributed by atoms with Gasteiger partial charge in [-0.2, -0.15) is 4.36 Å². The van der Waals surface area contributed by atoms with E-state index in [1.165, 1.54) is 18.3 Å². The summed E-state index contributed by atoms with van der Waals surface area (Å²) < 4.78 is 24.3. The number of thiazole rings is 1. The van der Waals surface area contributed by atoms with E-state index in [4.69, 9.17) is 4.74 Å². The van der Waals surface area contributed by atoms with Gasteiger partial charge in [0.15, 0.2) is 0 Å². The molecule has 0 radical (unpaired) electrons. The number of ether oxygens (including phenoxy) is 1. The minimum Gasteiger partial charge on any atom is -0.371 e. The van der Waals surface area contributed by atoms with Gasteiger partial charge in [-0.15, -0.1) is 11.3 Å². The molecule has 8 nitrogen and oxygen atoms in total. The van der Waals surface area contributed by atoms with Gasteiger partial charge in [-0.1, -0.05) is 0 Å². The predicted octanol–water partition coefficient (Wildman–Crippen LogP) is 1.42. The Morgan fingerprint density at radius 1 is 1.38 bits per heavy atom. The van der Waals surface area contributed by atoms with Crippen LogP contribution in [-0.2, 0) is 19.3 Å². The van der Waals surface area contributed by atoms with E-state index < -0.39 is 21.2 Å². The summed E-state index contributed by atoms with van der Waals surface area (Å²) in [5.74, 6) is 0.225. The van der Waals surface area contributed by atoms with Crippen LogP contribution < -0.4 is 0 Å². The molecule has 2 amide bonds. The molecule has 1 spiro atoms. The molecule has 0 aliphatic carbocycles. The maximum absolute atomic E-state index is 13.0. The molecule has 0 aromatic carbocycles. The molecule has 0 atom stereocenters. The van der Waals surface area contributed by atoms with Crippen molar-refractivity contribution in [2.75, 3.05) is 31.2 Å². The average Bonchev–Trinajstić information content (AvgIpc) is 3.21. The van der Waals surface area contributed by atoms with Gasteiger partial charge in [-0.25, -0.2) is 9.19 Å². The molecule has 0 N–H and O–H groups in total. The number of fused-ring (bicyclic) bond motifs is 1. The van der Waals surface area contributed by atoms with Crippen molar-refractivity contribution in [1.29, 1.82) is 0 Å². The molecule has 0 unspecified atom stereocenters. The molecular formula is C16H20N4O4S2. The quantitative estimate of drug-likeness (QED) is 0.727. The Morgan fingerprint density at radius 3 is 2.88 bits per heavy atom. The number of aromatic nitrogens is 2. The van der Waals surface area contributed by atoms with Crippen molar-refractivity contribution in [1.82, 2.24) is 14.3 Å². The maximum Gasteiger partial charge on any atom is 0.271 e. The minimum atomic E-state index is -2.49. The zero-order valence-corrected chi connectivity index (χ0v) is 16.1.